The van der Waals surface area contributed by atoms with E-state index in [-0.39, 0.29) is 11.4 Å². The number of carbonyl (C=O) groups is 1. The number of likely N-dealkylation sites (tertiary alicyclic amines) is 1. The Morgan fingerprint density at radius 2 is 2.16 bits per heavy atom. The number of carbonyl (C=O) groups excluding carboxylic acids is 1. The number of ether oxygens (including phenoxy) is 1. The molecule has 1 aromatic rings. The quantitative estimate of drug-likeness (QED) is 0.793. The highest BCUT2D eigenvalue weighted by Gasteiger charge is 2.42. The number of oxazole rings is 1. The monoisotopic (exact) mass is 350 g/mol. The lowest BCUT2D eigenvalue weighted by Gasteiger charge is -2.49. The zero-order valence-electron chi connectivity index (χ0n) is 15.7. The van der Waals surface area contributed by atoms with Gasteiger partial charge in [0, 0.05) is 65.3 Å². The Morgan fingerprint density at radius 1 is 1.32 bits per heavy atom. The summed E-state index contributed by atoms with van der Waals surface area (Å²) < 4.78 is 10.5. The molecule has 0 unspecified atom stereocenters. The minimum absolute atomic E-state index is 0.0640. The molecule has 7 heteroatoms. The second kappa shape index (κ2) is 7.85. The minimum atomic E-state index is 0.0640. The van der Waals surface area contributed by atoms with Crippen molar-refractivity contribution in [2.24, 2.45) is 0 Å². The standard InChI is InChI=1S/C18H30N4O3/c1-15-19-16(13-25-15)12-21-9-8-20(2)18(14-21)5-4-17(23)22(7-6-18)10-11-24-3/h13H,4-12,14H2,1-3H3/t18-/m0/s1. The molecule has 0 N–H and O–H groups in total. The molecule has 0 radical (unpaired) electrons. The van der Waals surface area contributed by atoms with E-state index in [1.165, 1.54) is 0 Å². The molecule has 2 aliphatic heterocycles. The average molecular weight is 350 g/mol. The van der Waals surface area contributed by atoms with E-state index in [4.69, 9.17) is 9.15 Å². The van der Waals surface area contributed by atoms with Crippen LogP contribution in [0.1, 0.15) is 30.8 Å². The Kier molecular flexibility index (Phi) is 5.76. The zero-order valence-corrected chi connectivity index (χ0v) is 15.7. The number of hydrogen-bond donors (Lipinski definition) is 0. The maximum Gasteiger partial charge on any atom is 0.222 e. The molecular weight excluding hydrogens is 320 g/mol. The molecule has 2 fully saturated rings. The summed E-state index contributed by atoms with van der Waals surface area (Å²) >= 11 is 0. The van der Waals surface area contributed by atoms with Crippen LogP contribution in [0.5, 0.6) is 0 Å². The van der Waals surface area contributed by atoms with Crippen LogP contribution in [-0.4, -0.2) is 84.6 Å². The van der Waals surface area contributed by atoms with Gasteiger partial charge in [0.1, 0.15) is 6.26 Å². The van der Waals surface area contributed by atoms with Crippen LogP contribution in [0.4, 0.5) is 0 Å². The maximum atomic E-state index is 12.4. The van der Waals surface area contributed by atoms with E-state index in [9.17, 15) is 4.79 Å². The topological polar surface area (TPSA) is 62.1 Å². The van der Waals surface area contributed by atoms with E-state index in [1.807, 2.05) is 11.8 Å². The third-order valence-electron chi connectivity index (χ3n) is 5.70. The Hall–Kier alpha value is -1.44. The van der Waals surface area contributed by atoms with Crippen molar-refractivity contribution in [3.05, 3.63) is 17.8 Å². The Bertz CT molecular complexity index is 591. The summed E-state index contributed by atoms with van der Waals surface area (Å²) in [6.07, 6.45) is 4.29. The molecule has 140 valence electrons. The van der Waals surface area contributed by atoms with E-state index >= 15 is 0 Å². The van der Waals surface area contributed by atoms with Gasteiger partial charge in [0.15, 0.2) is 5.89 Å². The zero-order chi connectivity index (χ0) is 17.9. The Labute approximate surface area is 149 Å². The molecule has 2 aliphatic rings. The highest BCUT2D eigenvalue weighted by atomic mass is 16.5. The van der Waals surface area contributed by atoms with Crippen molar-refractivity contribution in [1.29, 1.82) is 0 Å². The van der Waals surface area contributed by atoms with Crippen LogP contribution in [0.2, 0.25) is 0 Å². The summed E-state index contributed by atoms with van der Waals surface area (Å²) in [6, 6.07) is 0. The fraction of sp³-hybridized carbons (Fsp3) is 0.778. The fourth-order valence-electron chi connectivity index (χ4n) is 4.06. The van der Waals surface area contributed by atoms with Crippen molar-refractivity contribution in [2.75, 3.05) is 53.5 Å². The number of piperazine rings is 1. The normalized spacial score (nSPS) is 26.4. The molecule has 1 spiro atoms. The van der Waals surface area contributed by atoms with E-state index in [0.29, 0.717) is 25.5 Å². The van der Waals surface area contributed by atoms with Crippen molar-refractivity contribution in [3.63, 3.8) is 0 Å². The van der Waals surface area contributed by atoms with E-state index in [0.717, 1.165) is 51.3 Å². The van der Waals surface area contributed by atoms with Crippen molar-refractivity contribution < 1.29 is 13.9 Å². The number of methoxy groups -OCH3 is 1. The van der Waals surface area contributed by atoms with Crippen molar-refractivity contribution in [2.45, 2.75) is 38.3 Å². The highest BCUT2D eigenvalue weighted by Crippen LogP contribution is 2.32. The van der Waals surface area contributed by atoms with Crippen molar-refractivity contribution in [1.82, 2.24) is 19.7 Å². The number of amides is 1. The first-order valence-corrected chi connectivity index (χ1v) is 9.14. The number of likely N-dealkylation sites (N-methyl/N-ethyl adjacent to an activating group) is 1. The SMILES string of the molecule is COCCN1CC[C@@]2(CCC1=O)CN(Cc1coc(C)n1)CCN2C. The summed E-state index contributed by atoms with van der Waals surface area (Å²) in [5.74, 6) is 0.972. The minimum Gasteiger partial charge on any atom is -0.449 e. The van der Waals surface area contributed by atoms with Gasteiger partial charge in [0.2, 0.25) is 5.91 Å². The maximum absolute atomic E-state index is 12.4. The summed E-state index contributed by atoms with van der Waals surface area (Å²) in [5.41, 5.74) is 1.05. The smallest absolute Gasteiger partial charge is 0.222 e. The van der Waals surface area contributed by atoms with Crippen LogP contribution >= 0.6 is 0 Å². The first kappa shape index (κ1) is 18.4. The summed E-state index contributed by atoms with van der Waals surface area (Å²) in [5, 5.41) is 0. The lowest BCUT2D eigenvalue weighted by molar-refractivity contribution is -0.131. The lowest BCUT2D eigenvalue weighted by atomic mass is 9.86. The largest absolute Gasteiger partial charge is 0.449 e. The highest BCUT2D eigenvalue weighted by molar-refractivity contribution is 5.76. The summed E-state index contributed by atoms with van der Waals surface area (Å²) in [4.78, 5) is 23.8. The van der Waals surface area contributed by atoms with Gasteiger partial charge >= 0.3 is 0 Å². The number of aromatic nitrogens is 1. The van der Waals surface area contributed by atoms with Crippen LogP contribution < -0.4 is 0 Å². The molecule has 0 bridgehead atoms. The van der Waals surface area contributed by atoms with Crippen LogP contribution in [0.15, 0.2) is 10.7 Å². The second-order valence-corrected chi connectivity index (χ2v) is 7.34. The molecule has 0 aliphatic carbocycles. The van der Waals surface area contributed by atoms with Gasteiger partial charge in [0.05, 0.1) is 12.3 Å². The predicted molar refractivity (Wildman–Crippen MR) is 94.2 cm³/mol. The summed E-state index contributed by atoms with van der Waals surface area (Å²) in [6.45, 7) is 7.80. The molecule has 1 atom stereocenters. The van der Waals surface area contributed by atoms with Crippen molar-refractivity contribution >= 4 is 5.91 Å². The molecule has 0 saturated carbocycles. The summed E-state index contributed by atoms with van der Waals surface area (Å²) in [7, 11) is 3.88. The van der Waals surface area contributed by atoms with Crippen LogP contribution in [0, 0.1) is 6.92 Å². The van der Waals surface area contributed by atoms with Crippen LogP contribution in [0.3, 0.4) is 0 Å². The van der Waals surface area contributed by atoms with Gasteiger partial charge in [-0.1, -0.05) is 0 Å². The van der Waals surface area contributed by atoms with E-state index in [2.05, 4.69) is 21.8 Å². The van der Waals surface area contributed by atoms with E-state index < -0.39 is 0 Å². The number of rotatable bonds is 5. The first-order valence-electron chi connectivity index (χ1n) is 9.14. The van der Waals surface area contributed by atoms with Crippen LogP contribution in [-0.2, 0) is 16.1 Å². The van der Waals surface area contributed by atoms with Gasteiger partial charge in [-0.25, -0.2) is 4.98 Å². The molecule has 1 amide bonds. The number of hydrogen-bond acceptors (Lipinski definition) is 6. The van der Waals surface area contributed by atoms with Gasteiger partial charge < -0.3 is 14.1 Å². The van der Waals surface area contributed by atoms with Gasteiger partial charge in [-0.2, -0.15) is 0 Å². The van der Waals surface area contributed by atoms with Crippen molar-refractivity contribution in [3.8, 4) is 0 Å². The lowest BCUT2D eigenvalue weighted by Crippen LogP contribution is -2.60. The van der Waals surface area contributed by atoms with Gasteiger partial charge in [0.25, 0.3) is 0 Å². The third kappa shape index (κ3) is 4.22. The number of nitrogens with zero attached hydrogens (tertiary/aromatic N) is 4. The Morgan fingerprint density at radius 3 is 2.88 bits per heavy atom. The molecule has 0 aromatic carbocycles. The third-order valence-corrected chi connectivity index (χ3v) is 5.70. The predicted octanol–water partition coefficient (Wildman–Crippen LogP) is 1.13. The average Bonchev–Trinajstić information content (AvgIpc) is 2.93. The second-order valence-electron chi connectivity index (χ2n) is 7.34. The molecule has 2 saturated heterocycles. The molecule has 3 rings (SSSR count). The van der Waals surface area contributed by atoms with Gasteiger partial charge in [-0.15, -0.1) is 0 Å². The molecule has 3 heterocycles. The molecule has 1 aromatic heterocycles. The van der Waals surface area contributed by atoms with Crippen LogP contribution in [0.25, 0.3) is 0 Å². The van der Waals surface area contributed by atoms with Gasteiger partial charge in [-0.05, 0) is 19.9 Å². The van der Waals surface area contributed by atoms with E-state index in [1.54, 1.807) is 13.4 Å². The number of aryl methyl sites for hydroxylation is 1. The molecular formula is C18H30N4O3. The Balaban J connectivity index is 1.66. The fourth-order valence-corrected chi connectivity index (χ4v) is 4.06. The molecule has 7 nitrogen and oxygen atoms in total. The van der Waals surface area contributed by atoms with Gasteiger partial charge in [-0.3, -0.25) is 14.6 Å². The first-order chi connectivity index (χ1) is 12.0. The molecule has 25 heavy (non-hydrogen) atoms.